The third-order valence-corrected chi connectivity index (χ3v) is 6.49. The minimum Gasteiger partial charge on any atom is -0.506 e. The number of nitrogens with zero attached hydrogens (tertiary/aromatic N) is 3. The predicted octanol–water partition coefficient (Wildman–Crippen LogP) is 3.96. The maximum atomic E-state index is 13.5. The number of carbonyl (C=O) groups is 1. The molecule has 8 heteroatoms. The van der Waals surface area contributed by atoms with Crippen LogP contribution >= 0.6 is 11.6 Å². The first kappa shape index (κ1) is 22.0. The van der Waals surface area contributed by atoms with E-state index in [4.69, 9.17) is 16.6 Å². The van der Waals surface area contributed by atoms with Gasteiger partial charge in [0.25, 0.3) is 5.91 Å². The van der Waals surface area contributed by atoms with Gasteiger partial charge in [0.2, 0.25) is 0 Å². The maximum Gasteiger partial charge on any atom is 0.326 e. The smallest absolute Gasteiger partial charge is 0.326 e. The molecule has 172 valence electrons. The topological polar surface area (TPSA) is 90.7 Å². The molecule has 1 aromatic heterocycles. The Bertz CT molecular complexity index is 1530. The zero-order valence-corrected chi connectivity index (χ0v) is 19.7. The predicted molar refractivity (Wildman–Crippen MR) is 134 cm³/mol. The quantitative estimate of drug-likeness (QED) is 0.471. The summed E-state index contributed by atoms with van der Waals surface area (Å²) in [5, 5.41) is 11.1. The molecule has 34 heavy (non-hydrogen) atoms. The zero-order chi connectivity index (χ0) is 24.1. The lowest BCUT2D eigenvalue weighted by Gasteiger charge is -2.21. The summed E-state index contributed by atoms with van der Waals surface area (Å²) < 4.78 is 1.53. The van der Waals surface area contributed by atoms with Gasteiger partial charge in [-0.15, -0.1) is 0 Å². The molecule has 0 bridgehead atoms. The number of aromatic hydroxyl groups is 1. The van der Waals surface area contributed by atoms with Crippen LogP contribution in [0, 0.1) is 6.92 Å². The number of imidazole rings is 1. The van der Waals surface area contributed by atoms with E-state index in [2.05, 4.69) is 4.98 Å². The van der Waals surface area contributed by atoms with Gasteiger partial charge in [-0.25, -0.2) is 4.79 Å². The third-order valence-electron chi connectivity index (χ3n) is 6.27. The largest absolute Gasteiger partial charge is 0.506 e. The summed E-state index contributed by atoms with van der Waals surface area (Å²) in [6.07, 6.45) is 0.403. The van der Waals surface area contributed by atoms with Gasteiger partial charge in [0.1, 0.15) is 11.8 Å². The van der Waals surface area contributed by atoms with Gasteiger partial charge >= 0.3 is 5.69 Å². The highest BCUT2D eigenvalue weighted by molar-refractivity contribution is 6.32. The molecule has 0 spiro atoms. The molecule has 1 unspecified atom stereocenters. The highest BCUT2D eigenvalue weighted by Gasteiger charge is 2.32. The fraction of sp³-hybridized carbons (Fsp3) is 0.192. The summed E-state index contributed by atoms with van der Waals surface area (Å²) in [7, 11) is 3.33. The van der Waals surface area contributed by atoms with Crippen molar-refractivity contribution in [1.82, 2.24) is 9.55 Å². The first-order valence-electron chi connectivity index (χ1n) is 10.9. The molecule has 0 radical (unpaired) electrons. The number of fused-ring (bicyclic) bond motifs is 2. The first-order valence-corrected chi connectivity index (χ1v) is 11.2. The fourth-order valence-corrected chi connectivity index (χ4v) is 4.64. The summed E-state index contributed by atoms with van der Waals surface area (Å²) in [5.41, 5.74) is 5.42. The molecule has 2 N–H and O–H groups in total. The van der Waals surface area contributed by atoms with Crippen molar-refractivity contribution in [3.63, 3.8) is 0 Å². The van der Waals surface area contributed by atoms with E-state index in [0.717, 1.165) is 16.6 Å². The molecule has 4 aromatic rings. The number of likely N-dealkylation sites (N-methyl/N-ethyl adjacent to an activating group) is 1. The molecule has 1 amide bonds. The Morgan fingerprint density at radius 2 is 1.79 bits per heavy atom. The van der Waals surface area contributed by atoms with Crippen LogP contribution in [0.4, 0.5) is 5.69 Å². The van der Waals surface area contributed by atoms with Crippen LogP contribution in [0.15, 0.2) is 64.4 Å². The Balaban J connectivity index is 1.72. The van der Waals surface area contributed by atoms with Crippen molar-refractivity contribution in [3.8, 4) is 5.75 Å². The number of benzodiazepines with no additional fused rings is 1. The van der Waals surface area contributed by atoms with E-state index in [1.54, 1.807) is 20.2 Å². The molecule has 3 aromatic carbocycles. The van der Waals surface area contributed by atoms with Crippen molar-refractivity contribution in [2.24, 2.45) is 12.0 Å². The third kappa shape index (κ3) is 3.68. The van der Waals surface area contributed by atoms with Crippen molar-refractivity contribution < 1.29 is 9.90 Å². The van der Waals surface area contributed by atoms with Gasteiger partial charge in [-0.2, -0.15) is 0 Å². The number of phenolic OH excluding ortho intramolecular Hbond substituents is 1. The molecular formula is C26H23ClN4O3. The monoisotopic (exact) mass is 474 g/mol. The Morgan fingerprint density at radius 1 is 1.06 bits per heavy atom. The molecule has 0 fully saturated rings. The lowest BCUT2D eigenvalue weighted by atomic mass is 9.99. The van der Waals surface area contributed by atoms with E-state index in [1.165, 1.54) is 15.5 Å². The lowest BCUT2D eigenvalue weighted by Crippen LogP contribution is -2.36. The van der Waals surface area contributed by atoms with E-state index in [9.17, 15) is 14.7 Å². The molecule has 1 atom stereocenters. The average molecular weight is 475 g/mol. The van der Waals surface area contributed by atoms with Crippen LogP contribution in [-0.4, -0.2) is 39.4 Å². The standard InChI is InChI=1S/C26H23ClN4O3/c1-14-4-6-15(7-5-14)10-20-25(33)31(3)24-18(12-17(27)13-22(24)32)23(28-20)16-8-9-21-19(11-16)29-26(34)30(21)2/h4-9,11-13,20,32H,10H2,1-3H3,(H,29,34). The first-order chi connectivity index (χ1) is 16.2. The Kier molecular flexibility index (Phi) is 5.29. The maximum absolute atomic E-state index is 13.5. The van der Waals surface area contributed by atoms with Crippen molar-refractivity contribution in [3.05, 3.63) is 92.4 Å². The van der Waals surface area contributed by atoms with Crippen molar-refractivity contribution in [2.45, 2.75) is 19.4 Å². The number of nitrogens with one attached hydrogen (secondary N) is 1. The number of aromatic nitrogens is 2. The molecule has 0 aliphatic carbocycles. The molecule has 5 rings (SSSR count). The summed E-state index contributed by atoms with van der Waals surface area (Å²) in [6.45, 7) is 2.01. The normalized spacial score (nSPS) is 15.9. The molecule has 2 heterocycles. The molecule has 0 saturated heterocycles. The Labute approximate surface area is 200 Å². The minimum atomic E-state index is -0.709. The van der Waals surface area contributed by atoms with Crippen molar-refractivity contribution >= 4 is 39.9 Å². The molecule has 1 aliphatic rings. The summed E-state index contributed by atoms with van der Waals surface area (Å²) in [4.78, 5) is 34.8. The van der Waals surface area contributed by atoms with Gasteiger partial charge in [0.15, 0.2) is 0 Å². The van der Waals surface area contributed by atoms with Crippen LogP contribution in [0.25, 0.3) is 11.0 Å². The molecule has 7 nitrogen and oxygen atoms in total. The molecule has 0 saturated carbocycles. The number of rotatable bonds is 3. The van der Waals surface area contributed by atoms with E-state index < -0.39 is 6.04 Å². The van der Waals surface area contributed by atoms with Crippen LogP contribution in [-0.2, 0) is 18.3 Å². The highest BCUT2D eigenvalue weighted by Crippen LogP contribution is 2.38. The van der Waals surface area contributed by atoms with Crippen LogP contribution in [0.5, 0.6) is 5.75 Å². The number of hydrogen-bond acceptors (Lipinski definition) is 4. The number of H-pyrrole nitrogens is 1. The second kappa shape index (κ2) is 8.18. The van der Waals surface area contributed by atoms with Gasteiger partial charge in [0, 0.05) is 42.7 Å². The van der Waals surface area contributed by atoms with Gasteiger partial charge in [-0.1, -0.05) is 47.5 Å². The Morgan fingerprint density at radius 3 is 2.53 bits per heavy atom. The molecule has 1 aliphatic heterocycles. The van der Waals surface area contributed by atoms with Crippen LogP contribution < -0.4 is 10.6 Å². The number of anilines is 1. The van der Waals surface area contributed by atoms with Gasteiger partial charge in [-0.3, -0.25) is 14.4 Å². The summed E-state index contributed by atoms with van der Waals surface area (Å²) in [6, 6.07) is 15.9. The van der Waals surface area contributed by atoms with Gasteiger partial charge in [0.05, 0.1) is 22.4 Å². The number of hydrogen-bond donors (Lipinski definition) is 2. The number of aromatic amines is 1. The number of benzene rings is 3. The van der Waals surface area contributed by atoms with Crippen molar-refractivity contribution in [1.29, 1.82) is 0 Å². The number of aliphatic imine (C=N–C) groups is 1. The van der Waals surface area contributed by atoms with Crippen molar-refractivity contribution in [2.75, 3.05) is 11.9 Å². The van der Waals surface area contributed by atoms with Gasteiger partial charge < -0.3 is 15.0 Å². The van der Waals surface area contributed by atoms with E-state index in [-0.39, 0.29) is 17.3 Å². The average Bonchev–Trinajstić information content (AvgIpc) is 3.03. The second-order valence-corrected chi connectivity index (χ2v) is 9.06. The van der Waals surface area contributed by atoms with Crippen LogP contribution in [0.3, 0.4) is 0 Å². The van der Waals surface area contributed by atoms with E-state index in [1.807, 2.05) is 49.4 Å². The van der Waals surface area contributed by atoms with Crippen LogP contribution in [0.1, 0.15) is 22.3 Å². The van der Waals surface area contributed by atoms with E-state index in [0.29, 0.717) is 39.5 Å². The number of carbonyl (C=O) groups excluding carboxylic acids is 1. The SMILES string of the molecule is Cc1ccc(CC2N=C(c3ccc4c(c3)[nH]c(=O)n4C)c3cc(Cl)cc(O)c3N(C)C2=O)cc1. The summed E-state index contributed by atoms with van der Waals surface area (Å²) in [5.74, 6) is -0.333. The number of halogens is 1. The zero-order valence-electron chi connectivity index (χ0n) is 19.0. The number of phenols is 1. The fourth-order valence-electron chi connectivity index (χ4n) is 4.43. The minimum absolute atomic E-state index is 0.101. The lowest BCUT2D eigenvalue weighted by molar-refractivity contribution is -0.119. The van der Waals surface area contributed by atoms with E-state index >= 15 is 0 Å². The van der Waals surface area contributed by atoms with Gasteiger partial charge in [-0.05, 0) is 30.7 Å². The van der Waals surface area contributed by atoms with Crippen LogP contribution in [0.2, 0.25) is 5.02 Å². The number of aryl methyl sites for hydroxylation is 2. The Hall–Kier alpha value is -3.84. The highest BCUT2D eigenvalue weighted by atomic mass is 35.5. The number of amides is 1. The second-order valence-electron chi connectivity index (χ2n) is 8.62. The summed E-state index contributed by atoms with van der Waals surface area (Å²) >= 11 is 6.30. The molecular weight excluding hydrogens is 452 g/mol.